The first-order valence-electron chi connectivity index (χ1n) is 9.91. The highest BCUT2D eigenvalue weighted by atomic mass is 35.5. The number of carbonyl (C=O) groups excluding carboxylic acids is 2. The van der Waals surface area contributed by atoms with E-state index >= 15 is 0 Å². The Hall–Kier alpha value is -1.79. The number of halogens is 1. The Labute approximate surface area is 172 Å². The van der Waals surface area contributed by atoms with Gasteiger partial charge in [0.25, 0.3) is 0 Å². The van der Waals surface area contributed by atoms with Crippen LogP contribution in [0.4, 0.5) is 11.4 Å². The van der Waals surface area contributed by atoms with Crippen LogP contribution in [0.25, 0.3) is 0 Å². The summed E-state index contributed by atoms with van der Waals surface area (Å²) in [6, 6.07) is 5.58. The molecule has 1 spiro atoms. The molecule has 1 unspecified atom stereocenters. The molecule has 1 atom stereocenters. The highest BCUT2D eigenvalue weighted by molar-refractivity contribution is 6.00. The lowest BCUT2D eigenvalue weighted by Gasteiger charge is -2.34. The number of ether oxygens (including phenoxy) is 1. The summed E-state index contributed by atoms with van der Waals surface area (Å²) in [5.41, 5.74) is 1.21. The summed E-state index contributed by atoms with van der Waals surface area (Å²) in [7, 11) is 0. The summed E-state index contributed by atoms with van der Waals surface area (Å²) in [6.07, 6.45) is 3.15. The number of benzene rings is 1. The number of piperidine rings is 1. The number of carbonyl (C=O) groups is 2. The van der Waals surface area contributed by atoms with Crippen LogP contribution < -0.4 is 20.3 Å². The fraction of sp³-hybridized carbons (Fsp3) is 0.619. The Morgan fingerprint density at radius 1 is 1.25 bits per heavy atom. The molecule has 2 amide bonds. The average molecular weight is 408 g/mol. The molecule has 6 nitrogen and oxygen atoms in total. The van der Waals surface area contributed by atoms with E-state index in [0.29, 0.717) is 18.9 Å². The summed E-state index contributed by atoms with van der Waals surface area (Å²) in [5.74, 6) is 0.964. The number of hydrogen-bond acceptors (Lipinski definition) is 4. The van der Waals surface area contributed by atoms with Crippen molar-refractivity contribution >= 4 is 35.6 Å². The molecule has 7 heteroatoms. The molecular weight excluding hydrogens is 378 g/mol. The number of fused-ring (bicyclic) bond motifs is 1. The van der Waals surface area contributed by atoms with Gasteiger partial charge in [-0.15, -0.1) is 12.4 Å². The summed E-state index contributed by atoms with van der Waals surface area (Å²) in [4.78, 5) is 27.3. The van der Waals surface area contributed by atoms with Crippen LogP contribution in [0.2, 0.25) is 0 Å². The number of nitrogens with zero attached hydrogens (tertiary/aromatic N) is 1. The summed E-state index contributed by atoms with van der Waals surface area (Å²) >= 11 is 0. The first-order valence-corrected chi connectivity index (χ1v) is 9.91. The lowest BCUT2D eigenvalue weighted by Crippen LogP contribution is -2.44. The number of anilines is 2. The highest BCUT2D eigenvalue weighted by Gasteiger charge is 2.57. The van der Waals surface area contributed by atoms with Crippen molar-refractivity contribution in [3.05, 3.63) is 18.2 Å². The van der Waals surface area contributed by atoms with Crippen LogP contribution in [-0.4, -0.2) is 38.1 Å². The van der Waals surface area contributed by atoms with E-state index in [9.17, 15) is 9.59 Å². The van der Waals surface area contributed by atoms with Gasteiger partial charge in [-0.05, 0) is 56.0 Å². The molecule has 2 aliphatic heterocycles. The fourth-order valence-electron chi connectivity index (χ4n) is 4.34. The largest absolute Gasteiger partial charge is 0.490 e. The molecule has 28 heavy (non-hydrogen) atoms. The van der Waals surface area contributed by atoms with Crippen LogP contribution in [0.15, 0.2) is 18.2 Å². The molecule has 0 bridgehead atoms. The van der Waals surface area contributed by atoms with Crippen molar-refractivity contribution in [2.24, 2.45) is 16.7 Å². The first kappa shape index (κ1) is 20.9. The van der Waals surface area contributed by atoms with Gasteiger partial charge < -0.3 is 20.3 Å². The van der Waals surface area contributed by atoms with E-state index in [0.717, 1.165) is 43.7 Å². The van der Waals surface area contributed by atoms with Gasteiger partial charge in [-0.2, -0.15) is 0 Å². The minimum atomic E-state index is -0.469. The summed E-state index contributed by atoms with van der Waals surface area (Å²) in [5, 5.41) is 6.44. The molecule has 2 fully saturated rings. The molecule has 0 radical (unpaired) electrons. The second-order valence-electron chi connectivity index (χ2n) is 9.10. The number of nitrogens with one attached hydrogen (secondary N) is 2. The first-order chi connectivity index (χ1) is 12.8. The van der Waals surface area contributed by atoms with Gasteiger partial charge in [-0.25, -0.2) is 0 Å². The molecule has 4 rings (SSSR count). The summed E-state index contributed by atoms with van der Waals surface area (Å²) < 4.78 is 5.71. The van der Waals surface area contributed by atoms with E-state index in [2.05, 4.69) is 10.6 Å². The van der Waals surface area contributed by atoms with Gasteiger partial charge in [-0.1, -0.05) is 20.8 Å². The zero-order valence-electron chi connectivity index (χ0n) is 16.8. The second-order valence-corrected chi connectivity index (χ2v) is 9.10. The van der Waals surface area contributed by atoms with Crippen LogP contribution in [0.1, 0.15) is 40.0 Å². The van der Waals surface area contributed by atoms with Crippen LogP contribution in [0.5, 0.6) is 5.75 Å². The zero-order chi connectivity index (χ0) is 19.2. The zero-order valence-corrected chi connectivity index (χ0v) is 17.7. The van der Waals surface area contributed by atoms with E-state index in [1.165, 1.54) is 0 Å². The molecule has 1 saturated carbocycles. The van der Waals surface area contributed by atoms with Crippen LogP contribution in [-0.2, 0) is 9.59 Å². The number of amides is 2. The molecule has 2 heterocycles. The van der Waals surface area contributed by atoms with Gasteiger partial charge in [0.2, 0.25) is 11.8 Å². The molecule has 1 aromatic carbocycles. The lowest BCUT2D eigenvalue weighted by atomic mass is 9.92. The number of hydrogen-bond donors (Lipinski definition) is 2. The second kappa shape index (κ2) is 7.56. The maximum atomic E-state index is 12.8. The van der Waals surface area contributed by atoms with Gasteiger partial charge in [0, 0.05) is 17.0 Å². The maximum absolute atomic E-state index is 12.8. The van der Waals surface area contributed by atoms with Crippen molar-refractivity contribution in [2.45, 2.75) is 40.0 Å². The Morgan fingerprint density at radius 2 is 1.96 bits per heavy atom. The number of rotatable bonds is 2. The lowest BCUT2D eigenvalue weighted by molar-refractivity contribution is -0.126. The molecule has 154 valence electrons. The van der Waals surface area contributed by atoms with E-state index in [1.54, 1.807) is 4.90 Å². The van der Waals surface area contributed by atoms with Crippen molar-refractivity contribution in [1.82, 2.24) is 5.32 Å². The van der Waals surface area contributed by atoms with Crippen molar-refractivity contribution in [1.29, 1.82) is 0 Å². The SMILES string of the molecule is CC(C)(C)C(=O)N1CCOc2ccc(NC(=O)C3CC34CCNCC4)cc21.Cl. The minimum Gasteiger partial charge on any atom is -0.490 e. The van der Waals surface area contributed by atoms with Crippen LogP contribution >= 0.6 is 12.4 Å². The van der Waals surface area contributed by atoms with Crippen LogP contribution in [0, 0.1) is 16.7 Å². The van der Waals surface area contributed by atoms with Crippen LogP contribution in [0.3, 0.4) is 0 Å². The predicted octanol–water partition coefficient (Wildman–Crippen LogP) is 3.21. The van der Waals surface area contributed by atoms with E-state index < -0.39 is 5.41 Å². The average Bonchev–Trinajstić information content (AvgIpc) is 3.33. The van der Waals surface area contributed by atoms with Gasteiger partial charge in [0.15, 0.2) is 0 Å². The third kappa shape index (κ3) is 3.85. The molecular formula is C21H30ClN3O3. The highest BCUT2D eigenvalue weighted by Crippen LogP contribution is 2.58. The maximum Gasteiger partial charge on any atom is 0.232 e. The normalized spacial score (nSPS) is 22.5. The van der Waals surface area contributed by atoms with E-state index in [4.69, 9.17) is 4.74 Å². The Bertz CT molecular complexity index is 769. The van der Waals surface area contributed by atoms with Crippen molar-refractivity contribution < 1.29 is 14.3 Å². The minimum absolute atomic E-state index is 0. The fourth-order valence-corrected chi connectivity index (χ4v) is 4.34. The Morgan fingerprint density at radius 3 is 2.64 bits per heavy atom. The van der Waals surface area contributed by atoms with Gasteiger partial charge in [-0.3, -0.25) is 9.59 Å². The summed E-state index contributed by atoms with van der Waals surface area (Å²) in [6.45, 7) is 8.77. The topological polar surface area (TPSA) is 70.7 Å². The molecule has 1 aromatic rings. The van der Waals surface area contributed by atoms with Gasteiger partial charge in [0.05, 0.1) is 12.2 Å². The van der Waals surface area contributed by atoms with Gasteiger partial charge >= 0.3 is 0 Å². The van der Waals surface area contributed by atoms with E-state index in [1.807, 2.05) is 39.0 Å². The van der Waals surface area contributed by atoms with Crippen molar-refractivity contribution in [2.75, 3.05) is 36.5 Å². The Balaban J connectivity index is 0.00000225. The van der Waals surface area contributed by atoms with Crippen molar-refractivity contribution in [3.8, 4) is 5.75 Å². The van der Waals surface area contributed by atoms with Gasteiger partial charge in [0.1, 0.15) is 12.4 Å². The quantitative estimate of drug-likeness (QED) is 0.789. The third-order valence-corrected chi connectivity index (χ3v) is 6.08. The predicted molar refractivity (Wildman–Crippen MR) is 112 cm³/mol. The molecule has 2 N–H and O–H groups in total. The standard InChI is InChI=1S/C21H29N3O3.ClH/c1-20(2,3)19(26)24-10-11-27-17-5-4-14(12-16(17)24)23-18(25)15-13-21(15)6-8-22-9-7-21;/h4-5,12,15,22H,6-11,13H2,1-3H3,(H,23,25);1H. The van der Waals surface area contributed by atoms with Crippen molar-refractivity contribution in [3.63, 3.8) is 0 Å². The third-order valence-electron chi connectivity index (χ3n) is 6.08. The smallest absolute Gasteiger partial charge is 0.232 e. The Kier molecular flexibility index (Phi) is 5.65. The molecule has 0 aromatic heterocycles. The molecule has 3 aliphatic rings. The van der Waals surface area contributed by atoms with E-state index in [-0.39, 0.29) is 35.6 Å². The molecule has 1 aliphatic carbocycles. The molecule has 1 saturated heterocycles. The monoisotopic (exact) mass is 407 g/mol.